The molecule has 0 bridgehead atoms. The van der Waals surface area contributed by atoms with Crippen molar-refractivity contribution in [2.24, 2.45) is 5.92 Å². The van der Waals surface area contributed by atoms with E-state index in [-0.39, 0.29) is 11.7 Å². The van der Waals surface area contributed by atoms with Gasteiger partial charge in [-0.2, -0.15) is 0 Å². The number of pyridine rings is 1. The molecule has 2 N–H and O–H groups in total. The number of rotatable bonds is 7. The SMILES string of the molecule is Cc1ccc(NC(=O)Nc2ncc(COc3ccncc3)s2)c(C(=O)C2CCCC2)c1. The van der Waals surface area contributed by atoms with Crippen LogP contribution >= 0.6 is 11.3 Å². The number of hydrogen-bond acceptors (Lipinski definition) is 6. The molecule has 0 saturated heterocycles. The number of nitrogens with one attached hydrogen (secondary N) is 2. The number of nitrogens with zero attached hydrogens (tertiary/aromatic N) is 2. The quantitative estimate of drug-likeness (QED) is 0.481. The van der Waals surface area contributed by atoms with Gasteiger partial charge in [0.2, 0.25) is 0 Å². The lowest BCUT2D eigenvalue weighted by Crippen LogP contribution is -2.22. The Hall–Kier alpha value is -3.26. The van der Waals surface area contributed by atoms with Crippen molar-refractivity contribution in [3.8, 4) is 5.75 Å². The molecular formula is C23H24N4O3S. The van der Waals surface area contributed by atoms with Gasteiger partial charge in [-0.05, 0) is 44.0 Å². The molecule has 7 nitrogen and oxygen atoms in total. The zero-order valence-corrected chi connectivity index (χ0v) is 18.1. The highest BCUT2D eigenvalue weighted by Crippen LogP contribution is 2.31. The third-order valence-corrected chi connectivity index (χ3v) is 6.11. The fourth-order valence-electron chi connectivity index (χ4n) is 3.65. The third kappa shape index (κ3) is 5.46. The lowest BCUT2D eigenvalue weighted by Gasteiger charge is -2.14. The van der Waals surface area contributed by atoms with Gasteiger partial charge in [-0.1, -0.05) is 35.8 Å². The van der Waals surface area contributed by atoms with E-state index < -0.39 is 6.03 Å². The topological polar surface area (TPSA) is 93.2 Å². The molecule has 31 heavy (non-hydrogen) atoms. The van der Waals surface area contributed by atoms with Gasteiger partial charge in [0.25, 0.3) is 0 Å². The van der Waals surface area contributed by atoms with Crippen molar-refractivity contribution < 1.29 is 14.3 Å². The number of aromatic nitrogens is 2. The Kier molecular flexibility index (Phi) is 6.57. The lowest BCUT2D eigenvalue weighted by molar-refractivity contribution is 0.0923. The van der Waals surface area contributed by atoms with E-state index in [0.717, 1.165) is 41.9 Å². The highest BCUT2D eigenvalue weighted by atomic mass is 32.1. The van der Waals surface area contributed by atoms with Gasteiger partial charge in [-0.15, -0.1) is 0 Å². The summed E-state index contributed by atoms with van der Waals surface area (Å²) in [5.41, 5.74) is 2.09. The molecule has 3 aromatic rings. The lowest BCUT2D eigenvalue weighted by atomic mass is 9.94. The van der Waals surface area contributed by atoms with Crippen LogP contribution in [0.3, 0.4) is 0 Å². The predicted molar refractivity (Wildman–Crippen MR) is 121 cm³/mol. The summed E-state index contributed by atoms with van der Waals surface area (Å²) >= 11 is 1.33. The maximum Gasteiger partial charge on any atom is 0.325 e. The van der Waals surface area contributed by atoms with Crippen LogP contribution in [0.5, 0.6) is 5.75 Å². The highest BCUT2D eigenvalue weighted by Gasteiger charge is 2.26. The smallest absolute Gasteiger partial charge is 0.325 e. The van der Waals surface area contributed by atoms with Crippen molar-refractivity contribution in [1.29, 1.82) is 0 Å². The van der Waals surface area contributed by atoms with Gasteiger partial charge in [0, 0.05) is 30.1 Å². The Bertz CT molecular complexity index is 1060. The molecule has 8 heteroatoms. The van der Waals surface area contributed by atoms with Crippen LogP contribution in [-0.2, 0) is 6.61 Å². The minimum absolute atomic E-state index is 0.0485. The van der Waals surface area contributed by atoms with Gasteiger partial charge < -0.3 is 10.1 Å². The van der Waals surface area contributed by atoms with Gasteiger partial charge >= 0.3 is 6.03 Å². The molecule has 0 aliphatic heterocycles. The van der Waals surface area contributed by atoms with Gasteiger partial charge in [-0.25, -0.2) is 9.78 Å². The number of ketones is 1. The maximum atomic E-state index is 13.0. The van der Waals surface area contributed by atoms with Crippen LogP contribution in [0.1, 0.15) is 46.5 Å². The van der Waals surface area contributed by atoms with E-state index in [1.54, 1.807) is 36.8 Å². The number of anilines is 2. The molecule has 0 spiro atoms. The average Bonchev–Trinajstić information content (AvgIpc) is 3.46. The Morgan fingerprint density at radius 2 is 1.90 bits per heavy atom. The van der Waals surface area contributed by atoms with Crippen molar-refractivity contribution in [1.82, 2.24) is 9.97 Å². The summed E-state index contributed by atoms with van der Waals surface area (Å²) < 4.78 is 5.67. The number of hydrogen-bond donors (Lipinski definition) is 2. The number of aryl methyl sites for hydroxylation is 1. The first kappa shape index (κ1) is 21.0. The first-order chi connectivity index (χ1) is 15.1. The zero-order chi connectivity index (χ0) is 21.6. The minimum atomic E-state index is -0.430. The molecule has 1 aliphatic rings. The molecular weight excluding hydrogens is 412 g/mol. The van der Waals surface area contributed by atoms with Crippen LogP contribution in [0.2, 0.25) is 0 Å². The molecule has 1 fully saturated rings. The molecule has 160 valence electrons. The van der Waals surface area contributed by atoms with Crippen LogP contribution in [0.15, 0.2) is 48.9 Å². The monoisotopic (exact) mass is 436 g/mol. The zero-order valence-electron chi connectivity index (χ0n) is 17.3. The third-order valence-electron chi connectivity index (χ3n) is 5.22. The summed E-state index contributed by atoms with van der Waals surface area (Å²) in [6.07, 6.45) is 9.00. The molecule has 1 saturated carbocycles. The largest absolute Gasteiger partial charge is 0.488 e. The number of amides is 2. The van der Waals surface area contributed by atoms with Crippen molar-refractivity contribution in [3.63, 3.8) is 0 Å². The Labute approximate surface area is 184 Å². The normalized spacial score (nSPS) is 13.7. The second kappa shape index (κ2) is 9.70. The Balaban J connectivity index is 1.38. The number of carbonyl (C=O) groups is 2. The van der Waals surface area contributed by atoms with Crippen molar-refractivity contribution in [2.45, 2.75) is 39.2 Å². The van der Waals surface area contributed by atoms with Gasteiger partial charge in [0.1, 0.15) is 12.4 Å². The molecule has 0 unspecified atom stereocenters. The molecule has 1 aliphatic carbocycles. The molecule has 0 atom stereocenters. The van der Waals surface area contributed by atoms with Crippen LogP contribution in [0, 0.1) is 12.8 Å². The molecule has 4 rings (SSSR count). The van der Waals surface area contributed by atoms with E-state index in [1.165, 1.54) is 11.3 Å². The van der Waals surface area contributed by atoms with E-state index in [9.17, 15) is 9.59 Å². The Morgan fingerprint density at radius 1 is 1.13 bits per heavy atom. The van der Waals surface area contributed by atoms with Crippen LogP contribution in [0.25, 0.3) is 0 Å². The van der Waals surface area contributed by atoms with Gasteiger partial charge in [0.15, 0.2) is 10.9 Å². The van der Waals surface area contributed by atoms with Crippen LogP contribution in [-0.4, -0.2) is 21.8 Å². The number of urea groups is 1. The standard InChI is InChI=1S/C23H24N4O3S/c1-15-6-7-20(19(12-15)21(28)16-4-2-3-5-16)26-22(29)27-23-25-13-18(31-23)14-30-17-8-10-24-11-9-17/h6-13,16H,2-5,14H2,1H3,(H2,25,26,27,29). The van der Waals surface area contributed by atoms with Crippen molar-refractivity contribution >= 4 is 34.0 Å². The fourth-order valence-corrected chi connectivity index (χ4v) is 4.37. The van der Waals surface area contributed by atoms with E-state index in [2.05, 4.69) is 20.6 Å². The van der Waals surface area contributed by atoms with Crippen LogP contribution in [0.4, 0.5) is 15.6 Å². The van der Waals surface area contributed by atoms with Gasteiger partial charge in [0.05, 0.1) is 10.6 Å². The number of ether oxygens (including phenoxy) is 1. The highest BCUT2D eigenvalue weighted by molar-refractivity contribution is 7.15. The summed E-state index contributed by atoms with van der Waals surface area (Å²) in [6, 6.07) is 8.65. The molecule has 2 heterocycles. The van der Waals surface area contributed by atoms with Crippen LogP contribution < -0.4 is 15.4 Å². The summed E-state index contributed by atoms with van der Waals surface area (Å²) in [6.45, 7) is 2.30. The second-order valence-corrected chi connectivity index (χ2v) is 8.69. The van der Waals surface area contributed by atoms with Crippen molar-refractivity contribution in [2.75, 3.05) is 10.6 Å². The second-order valence-electron chi connectivity index (χ2n) is 7.58. The molecule has 1 aromatic carbocycles. The Morgan fingerprint density at radius 3 is 2.68 bits per heavy atom. The number of benzene rings is 1. The summed E-state index contributed by atoms with van der Waals surface area (Å²) in [5, 5.41) is 6.01. The minimum Gasteiger partial charge on any atom is -0.488 e. The van der Waals surface area contributed by atoms with Gasteiger partial charge in [-0.3, -0.25) is 15.1 Å². The van der Waals surface area contributed by atoms with E-state index in [4.69, 9.17) is 4.74 Å². The van der Waals surface area contributed by atoms with Crippen molar-refractivity contribution in [3.05, 3.63) is 64.9 Å². The van der Waals surface area contributed by atoms with E-state index >= 15 is 0 Å². The summed E-state index contributed by atoms with van der Waals surface area (Å²) in [5.74, 6) is 0.878. The number of thiazole rings is 1. The van der Waals surface area contributed by atoms with E-state index in [1.807, 2.05) is 19.1 Å². The first-order valence-electron chi connectivity index (χ1n) is 10.3. The first-order valence-corrected chi connectivity index (χ1v) is 11.1. The molecule has 2 aromatic heterocycles. The number of Topliss-reactive ketones (excluding diaryl/α,β-unsaturated/α-hetero) is 1. The summed E-state index contributed by atoms with van der Waals surface area (Å²) in [4.78, 5) is 34.6. The predicted octanol–water partition coefficient (Wildman–Crippen LogP) is 5.44. The molecule has 0 radical (unpaired) electrons. The maximum absolute atomic E-state index is 13.0. The fraction of sp³-hybridized carbons (Fsp3) is 0.304. The van der Waals surface area contributed by atoms with E-state index in [0.29, 0.717) is 23.0 Å². The molecule has 2 amide bonds. The number of carbonyl (C=O) groups excluding carboxylic acids is 2. The summed E-state index contributed by atoms with van der Waals surface area (Å²) in [7, 11) is 0. The average molecular weight is 437 g/mol.